The lowest BCUT2D eigenvalue weighted by atomic mass is 9.57. The van der Waals surface area contributed by atoms with E-state index in [9.17, 15) is 9.59 Å². The summed E-state index contributed by atoms with van der Waals surface area (Å²) in [6.45, 7) is 19.8. The molecule has 8 nitrogen and oxygen atoms in total. The molecule has 0 saturated heterocycles. The Hall–Kier alpha value is -2.61. The van der Waals surface area contributed by atoms with Crippen LogP contribution in [0, 0.1) is 23.2 Å². The maximum Gasteiger partial charge on any atom is 0.428 e. The largest absolute Gasteiger partial charge is 0.461 e. The average Bonchev–Trinajstić information content (AvgIpc) is 3.36. The van der Waals surface area contributed by atoms with Crippen LogP contribution in [-0.2, 0) is 37.3 Å². The van der Waals surface area contributed by atoms with E-state index in [4.69, 9.17) is 23.9 Å². The lowest BCUT2D eigenvalue weighted by Gasteiger charge is -2.50. The minimum absolute atomic E-state index is 0.0625. The van der Waals surface area contributed by atoms with Crippen LogP contribution < -0.4 is 0 Å². The second-order valence-corrected chi connectivity index (χ2v) is 15.3. The Kier molecular flexibility index (Phi) is 8.83. The number of benzene rings is 1. The molecule has 1 saturated carbocycles. The summed E-state index contributed by atoms with van der Waals surface area (Å²) in [5.74, 6) is 1.20. The van der Waals surface area contributed by atoms with E-state index < -0.39 is 28.9 Å². The molecule has 0 N–H and O–H groups in total. The highest BCUT2D eigenvalue weighted by Gasteiger charge is 2.64. The third-order valence-corrected chi connectivity index (χ3v) is 8.90. The number of amides is 2. The number of hydrogen-bond donors (Lipinski definition) is 0. The van der Waals surface area contributed by atoms with Crippen molar-refractivity contribution in [2.75, 3.05) is 13.7 Å². The SMILES string of the molecule is COC1[C@H](C)CC2(Cc3ccc(CCC(C)C)cc3C23COC(N(C(=O)OC(C)(C)C)C(=O)OC(C)(C)C)=N3)C[C@@H]1C. The maximum absolute atomic E-state index is 13.5. The Morgan fingerprint density at radius 1 is 1.02 bits per heavy atom. The van der Waals surface area contributed by atoms with Crippen LogP contribution in [0.5, 0.6) is 0 Å². The van der Waals surface area contributed by atoms with Gasteiger partial charge < -0.3 is 18.9 Å². The zero-order valence-corrected chi connectivity index (χ0v) is 27.6. The van der Waals surface area contributed by atoms with Crippen molar-refractivity contribution < 1.29 is 28.5 Å². The molecule has 0 aromatic heterocycles. The van der Waals surface area contributed by atoms with Crippen LogP contribution in [0.3, 0.4) is 0 Å². The molecule has 0 bridgehead atoms. The molecule has 4 rings (SSSR count). The first kappa shape index (κ1) is 32.3. The lowest BCUT2D eigenvalue weighted by molar-refractivity contribution is -0.0780. The van der Waals surface area contributed by atoms with Gasteiger partial charge in [0.2, 0.25) is 0 Å². The van der Waals surface area contributed by atoms with Gasteiger partial charge in [0.05, 0.1) is 6.10 Å². The Morgan fingerprint density at radius 2 is 1.60 bits per heavy atom. The normalized spacial score (nSPS) is 29.0. The third kappa shape index (κ3) is 6.34. The number of aliphatic imine (C=N–C) groups is 1. The molecular formula is C34H52N2O6. The molecule has 2 amide bonds. The number of fused-ring (bicyclic) bond motifs is 3. The van der Waals surface area contributed by atoms with Gasteiger partial charge >= 0.3 is 18.2 Å². The van der Waals surface area contributed by atoms with Gasteiger partial charge in [-0.2, -0.15) is 0 Å². The smallest absolute Gasteiger partial charge is 0.428 e. The molecule has 1 aromatic rings. The van der Waals surface area contributed by atoms with Crippen LogP contribution >= 0.6 is 0 Å². The standard InChI is InChI=1S/C34H52N2O6/c1-21(2)12-13-24-14-15-25-19-33(17-22(3)27(39-11)23(4)18-33)34(26(25)16-24)20-40-28(35-34)36(29(37)41-31(5,6)7)30(38)42-32(8,9)10/h14-16,21-23,27H,12-13,17-20H2,1-11H3/t22-,23+,27?,33?,34?. The molecule has 2 aliphatic carbocycles. The Labute approximate surface area is 252 Å². The average molecular weight is 585 g/mol. The number of rotatable bonds is 4. The number of aryl methyl sites for hydroxylation is 1. The summed E-state index contributed by atoms with van der Waals surface area (Å²) >= 11 is 0. The number of carbonyl (C=O) groups is 2. The van der Waals surface area contributed by atoms with Crippen LogP contribution in [0.4, 0.5) is 9.59 Å². The van der Waals surface area contributed by atoms with Crippen molar-refractivity contribution in [1.29, 1.82) is 0 Å². The predicted molar refractivity (Wildman–Crippen MR) is 163 cm³/mol. The molecule has 8 heteroatoms. The van der Waals surface area contributed by atoms with E-state index in [0.717, 1.165) is 42.6 Å². The lowest BCUT2D eigenvalue weighted by Crippen LogP contribution is -2.51. The highest BCUT2D eigenvalue weighted by atomic mass is 16.6. The van der Waals surface area contributed by atoms with E-state index in [1.54, 1.807) is 48.7 Å². The molecule has 1 aliphatic heterocycles. The van der Waals surface area contributed by atoms with Crippen molar-refractivity contribution in [1.82, 2.24) is 4.90 Å². The van der Waals surface area contributed by atoms with Crippen molar-refractivity contribution in [3.8, 4) is 0 Å². The summed E-state index contributed by atoms with van der Waals surface area (Å²) in [6.07, 6.45) is 3.14. The number of imide groups is 1. The number of hydrogen-bond acceptors (Lipinski definition) is 7. The number of methoxy groups -OCH3 is 1. The second-order valence-electron chi connectivity index (χ2n) is 15.3. The first-order chi connectivity index (χ1) is 19.4. The van der Waals surface area contributed by atoms with Crippen molar-refractivity contribution in [3.05, 3.63) is 34.9 Å². The molecular weight excluding hydrogens is 532 g/mol. The van der Waals surface area contributed by atoms with Crippen molar-refractivity contribution >= 4 is 18.2 Å². The fraction of sp³-hybridized carbons (Fsp3) is 0.735. The number of nitrogens with zero attached hydrogens (tertiary/aromatic N) is 2. The maximum atomic E-state index is 13.5. The van der Waals surface area contributed by atoms with Crippen LogP contribution in [0.2, 0.25) is 0 Å². The van der Waals surface area contributed by atoms with E-state index in [1.807, 2.05) is 0 Å². The van der Waals surface area contributed by atoms with Crippen molar-refractivity contribution in [2.45, 2.75) is 124 Å². The molecule has 1 aromatic carbocycles. The Balaban J connectivity index is 1.85. The fourth-order valence-corrected chi connectivity index (χ4v) is 7.39. The van der Waals surface area contributed by atoms with Gasteiger partial charge in [-0.25, -0.2) is 14.6 Å². The molecule has 3 aliphatic rings. The van der Waals surface area contributed by atoms with Gasteiger partial charge in [0.1, 0.15) is 23.3 Å². The molecule has 5 atom stereocenters. The van der Waals surface area contributed by atoms with E-state index >= 15 is 0 Å². The van der Waals surface area contributed by atoms with Crippen LogP contribution in [0.1, 0.15) is 105 Å². The summed E-state index contributed by atoms with van der Waals surface area (Å²) in [5.41, 5.74) is 0.999. The summed E-state index contributed by atoms with van der Waals surface area (Å²) < 4.78 is 23.6. The van der Waals surface area contributed by atoms with Crippen molar-refractivity contribution in [3.63, 3.8) is 0 Å². The predicted octanol–water partition coefficient (Wildman–Crippen LogP) is 7.65. The zero-order valence-electron chi connectivity index (χ0n) is 27.6. The molecule has 42 heavy (non-hydrogen) atoms. The molecule has 234 valence electrons. The van der Waals surface area contributed by atoms with Gasteiger partial charge in [0, 0.05) is 12.5 Å². The highest BCUT2D eigenvalue weighted by Crippen LogP contribution is 2.63. The van der Waals surface area contributed by atoms with Gasteiger partial charge in [0.25, 0.3) is 0 Å². The first-order valence-electron chi connectivity index (χ1n) is 15.5. The van der Waals surface area contributed by atoms with Crippen LogP contribution in [0.25, 0.3) is 0 Å². The highest BCUT2D eigenvalue weighted by molar-refractivity contribution is 6.06. The quantitative estimate of drug-likeness (QED) is 0.361. The minimum atomic E-state index is -0.865. The first-order valence-corrected chi connectivity index (χ1v) is 15.5. The summed E-state index contributed by atoms with van der Waals surface area (Å²) in [4.78, 5) is 33.1. The number of amidine groups is 1. The number of ether oxygens (including phenoxy) is 4. The fourth-order valence-electron chi connectivity index (χ4n) is 7.39. The van der Waals surface area contributed by atoms with Crippen molar-refractivity contribution in [2.24, 2.45) is 28.2 Å². The molecule has 2 spiro atoms. The van der Waals surface area contributed by atoms with E-state index in [1.165, 1.54) is 11.1 Å². The molecule has 0 radical (unpaired) electrons. The number of carbonyl (C=O) groups excluding carboxylic acids is 2. The molecule has 1 heterocycles. The summed E-state index contributed by atoms with van der Waals surface area (Å²) in [5, 5.41) is 0. The summed E-state index contributed by atoms with van der Waals surface area (Å²) in [7, 11) is 1.80. The second kappa shape index (κ2) is 11.5. The molecule has 1 fully saturated rings. The topological polar surface area (TPSA) is 86.7 Å². The van der Waals surface area contributed by atoms with Gasteiger partial charge in [0.15, 0.2) is 0 Å². The minimum Gasteiger partial charge on any atom is -0.461 e. The monoisotopic (exact) mass is 584 g/mol. The van der Waals surface area contributed by atoms with Gasteiger partial charge in [-0.1, -0.05) is 45.9 Å². The van der Waals surface area contributed by atoms with Gasteiger partial charge in [-0.3, -0.25) is 0 Å². The van der Waals surface area contributed by atoms with Crippen LogP contribution in [0.15, 0.2) is 23.2 Å². The van der Waals surface area contributed by atoms with E-state index in [2.05, 4.69) is 45.9 Å². The van der Waals surface area contributed by atoms with Crippen LogP contribution in [-0.4, -0.2) is 54.1 Å². The van der Waals surface area contributed by atoms with E-state index in [-0.39, 0.29) is 24.1 Å². The zero-order chi connectivity index (χ0) is 31.3. The van der Waals surface area contributed by atoms with E-state index in [0.29, 0.717) is 17.8 Å². The summed E-state index contributed by atoms with van der Waals surface area (Å²) in [6, 6.07) is 6.74. The Bertz CT molecular complexity index is 1170. The van der Waals surface area contributed by atoms with Gasteiger partial charge in [-0.05, 0) is 108 Å². The Morgan fingerprint density at radius 3 is 2.10 bits per heavy atom. The molecule has 3 unspecified atom stereocenters. The third-order valence-electron chi connectivity index (χ3n) is 8.90. The van der Waals surface area contributed by atoms with Gasteiger partial charge in [-0.15, -0.1) is 4.90 Å².